The number of aryl methyl sites for hydroxylation is 1. The molecule has 1 atom stereocenters. The van der Waals surface area contributed by atoms with Gasteiger partial charge in [-0.3, -0.25) is 9.69 Å². The van der Waals surface area contributed by atoms with Crippen molar-refractivity contribution in [3.05, 3.63) is 35.4 Å². The van der Waals surface area contributed by atoms with E-state index in [0.29, 0.717) is 12.5 Å². The number of nitrogens with zero attached hydrogens (tertiary/aromatic N) is 1. The number of carbonyl (C=O) groups excluding carboxylic acids is 1. The predicted octanol–water partition coefficient (Wildman–Crippen LogP) is 1.74. The highest BCUT2D eigenvalue weighted by molar-refractivity contribution is 5.77. The Kier molecular flexibility index (Phi) is 5.54. The van der Waals surface area contributed by atoms with Crippen LogP contribution in [-0.2, 0) is 20.8 Å². The number of amides is 1. The minimum absolute atomic E-state index is 0.00860. The summed E-state index contributed by atoms with van der Waals surface area (Å²) in [7, 11) is 1.54. The summed E-state index contributed by atoms with van der Waals surface area (Å²) in [5.41, 5.74) is 2.76. The van der Waals surface area contributed by atoms with Crippen LogP contribution in [0.3, 0.4) is 0 Å². The average Bonchev–Trinajstić information content (AvgIpc) is 2.93. The molecule has 132 valence electrons. The van der Waals surface area contributed by atoms with Gasteiger partial charge in [-0.05, 0) is 36.8 Å². The van der Waals surface area contributed by atoms with E-state index in [-0.39, 0.29) is 18.1 Å². The molecule has 2 saturated heterocycles. The van der Waals surface area contributed by atoms with E-state index in [1.165, 1.54) is 18.2 Å². The third-order valence-electron chi connectivity index (χ3n) is 5.33. The number of hydrogen-bond donors (Lipinski definition) is 1. The number of carbonyl (C=O) groups is 1. The first-order valence-corrected chi connectivity index (χ1v) is 8.79. The topological polar surface area (TPSA) is 50.8 Å². The highest BCUT2D eigenvalue weighted by Gasteiger charge is 2.52. The fourth-order valence-electron chi connectivity index (χ4n) is 3.96. The molecule has 1 amide bonds. The van der Waals surface area contributed by atoms with Crippen LogP contribution >= 0.6 is 0 Å². The van der Waals surface area contributed by atoms with E-state index < -0.39 is 0 Å². The maximum Gasteiger partial charge on any atom is 0.245 e. The molecule has 2 aliphatic heterocycles. The number of benzene rings is 1. The zero-order valence-corrected chi connectivity index (χ0v) is 14.7. The summed E-state index contributed by atoms with van der Waals surface area (Å²) in [4.78, 5) is 13.9. The van der Waals surface area contributed by atoms with Gasteiger partial charge in [-0.25, -0.2) is 0 Å². The van der Waals surface area contributed by atoms with Gasteiger partial charge in [0.05, 0.1) is 5.60 Å². The van der Waals surface area contributed by atoms with Crippen LogP contribution in [0.4, 0.5) is 0 Å². The Morgan fingerprint density at radius 1 is 1.42 bits per heavy atom. The van der Waals surface area contributed by atoms with Crippen LogP contribution in [0.15, 0.2) is 24.3 Å². The summed E-state index contributed by atoms with van der Waals surface area (Å²) >= 11 is 0. The van der Waals surface area contributed by atoms with Crippen LogP contribution in [-0.4, -0.2) is 56.4 Å². The van der Waals surface area contributed by atoms with Crippen molar-refractivity contribution in [1.29, 1.82) is 0 Å². The second kappa shape index (κ2) is 7.64. The van der Waals surface area contributed by atoms with Gasteiger partial charge in [-0.15, -0.1) is 0 Å². The molecular weight excluding hydrogens is 304 g/mol. The molecule has 0 bridgehead atoms. The average molecular weight is 332 g/mol. The van der Waals surface area contributed by atoms with Crippen LogP contribution in [0.5, 0.6) is 0 Å². The summed E-state index contributed by atoms with van der Waals surface area (Å²) in [5.74, 6) is 0.494. The quantitative estimate of drug-likeness (QED) is 0.826. The van der Waals surface area contributed by atoms with E-state index >= 15 is 0 Å². The molecule has 5 nitrogen and oxygen atoms in total. The fraction of sp³-hybridized carbons (Fsp3) is 0.632. The van der Waals surface area contributed by atoms with E-state index in [2.05, 4.69) is 41.4 Å². The van der Waals surface area contributed by atoms with Gasteiger partial charge in [0.2, 0.25) is 5.91 Å². The highest BCUT2D eigenvalue weighted by Crippen LogP contribution is 2.42. The molecule has 2 aliphatic rings. The first kappa shape index (κ1) is 17.4. The zero-order chi connectivity index (χ0) is 17.0. The van der Waals surface area contributed by atoms with Crippen molar-refractivity contribution in [2.24, 2.45) is 5.92 Å². The minimum Gasteiger partial charge on any atom is -0.375 e. The monoisotopic (exact) mass is 332 g/mol. The number of rotatable bonds is 7. The van der Waals surface area contributed by atoms with E-state index in [1.807, 2.05) is 0 Å². The number of hydrogen-bond acceptors (Lipinski definition) is 4. The number of ether oxygens (including phenoxy) is 2. The molecule has 1 spiro atoms. The Morgan fingerprint density at radius 2 is 2.21 bits per heavy atom. The Hall–Kier alpha value is -1.43. The van der Waals surface area contributed by atoms with Crippen LogP contribution in [0.2, 0.25) is 0 Å². The normalized spacial score (nSPS) is 22.5. The first-order valence-electron chi connectivity index (χ1n) is 8.79. The Bertz CT molecular complexity index is 569. The highest BCUT2D eigenvalue weighted by atomic mass is 16.5. The molecule has 3 rings (SSSR count). The Balaban J connectivity index is 1.46. The maximum atomic E-state index is 11.5. The van der Waals surface area contributed by atoms with E-state index in [1.54, 1.807) is 0 Å². The lowest BCUT2D eigenvalue weighted by atomic mass is 9.78. The van der Waals surface area contributed by atoms with Gasteiger partial charge in [-0.2, -0.15) is 0 Å². The SMILES string of the molecule is COCC(=O)NCC[C@H]1CCOC12CN(Cc1ccccc1C)C2. The lowest BCUT2D eigenvalue weighted by Gasteiger charge is -2.50. The second-order valence-corrected chi connectivity index (χ2v) is 7.04. The van der Waals surface area contributed by atoms with Crippen LogP contribution < -0.4 is 5.32 Å². The third kappa shape index (κ3) is 3.79. The molecule has 0 saturated carbocycles. The number of methoxy groups -OCH3 is 1. The van der Waals surface area contributed by atoms with Gasteiger partial charge in [0.25, 0.3) is 0 Å². The van der Waals surface area contributed by atoms with Crippen LogP contribution in [0.25, 0.3) is 0 Å². The van der Waals surface area contributed by atoms with Crippen LogP contribution in [0.1, 0.15) is 24.0 Å². The van der Waals surface area contributed by atoms with Gasteiger partial charge in [0.15, 0.2) is 0 Å². The van der Waals surface area contributed by atoms with Crippen molar-refractivity contribution >= 4 is 5.91 Å². The summed E-state index contributed by atoms with van der Waals surface area (Å²) in [5, 5.41) is 2.92. The minimum atomic E-state index is -0.0414. The van der Waals surface area contributed by atoms with Crippen molar-refractivity contribution in [1.82, 2.24) is 10.2 Å². The number of likely N-dealkylation sites (tertiary alicyclic amines) is 1. The molecule has 2 heterocycles. The van der Waals surface area contributed by atoms with Crippen molar-refractivity contribution in [2.75, 3.05) is 40.0 Å². The third-order valence-corrected chi connectivity index (χ3v) is 5.33. The predicted molar refractivity (Wildman–Crippen MR) is 92.7 cm³/mol. The van der Waals surface area contributed by atoms with E-state index in [9.17, 15) is 4.79 Å². The van der Waals surface area contributed by atoms with E-state index in [0.717, 1.165) is 39.1 Å². The van der Waals surface area contributed by atoms with Crippen molar-refractivity contribution in [3.63, 3.8) is 0 Å². The largest absolute Gasteiger partial charge is 0.375 e. The molecule has 0 aromatic heterocycles. The summed E-state index contributed by atoms with van der Waals surface area (Å²) in [6.45, 7) is 6.84. The zero-order valence-electron chi connectivity index (χ0n) is 14.7. The maximum absolute atomic E-state index is 11.5. The molecule has 0 aliphatic carbocycles. The molecule has 2 fully saturated rings. The smallest absolute Gasteiger partial charge is 0.245 e. The standard InChI is InChI=1S/C19H28N2O3/c1-15-5-3-4-6-16(15)11-21-13-19(14-21)17(8-10-24-19)7-9-20-18(22)12-23-2/h3-6,17H,7-14H2,1-2H3,(H,20,22)/t17-/m0/s1. The van der Waals surface area contributed by atoms with Crippen molar-refractivity contribution in [2.45, 2.75) is 31.9 Å². The fourth-order valence-corrected chi connectivity index (χ4v) is 3.96. The number of nitrogens with one attached hydrogen (secondary N) is 1. The Morgan fingerprint density at radius 3 is 2.96 bits per heavy atom. The lowest BCUT2D eigenvalue weighted by Crippen LogP contribution is -2.64. The summed E-state index contributed by atoms with van der Waals surface area (Å²) < 4.78 is 10.9. The Labute approximate surface area is 144 Å². The summed E-state index contributed by atoms with van der Waals surface area (Å²) in [6.07, 6.45) is 2.08. The lowest BCUT2D eigenvalue weighted by molar-refractivity contribution is -0.137. The molecule has 1 aromatic rings. The van der Waals surface area contributed by atoms with E-state index in [4.69, 9.17) is 9.47 Å². The van der Waals surface area contributed by atoms with Crippen molar-refractivity contribution < 1.29 is 14.3 Å². The molecule has 5 heteroatoms. The van der Waals surface area contributed by atoms with Gasteiger partial charge in [0, 0.05) is 39.9 Å². The first-order chi connectivity index (χ1) is 11.6. The van der Waals surface area contributed by atoms with Crippen molar-refractivity contribution in [3.8, 4) is 0 Å². The molecular formula is C19H28N2O3. The van der Waals surface area contributed by atoms with Gasteiger partial charge in [-0.1, -0.05) is 24.3 Å². The molecule has 0 radical (unpaired) electrons. The van der Waals surface area contributed by atoms with Gasteiger partial charge in [0.1, 0.15) is 6.61 Å². The molecule has 24 heavy (non-hydrogen) atoms. The summed E-state index contributed by atoms with van der Waals surface area (Å²) in [6, 6.07) is 8.57. The molecule has 1 aromatic carbocycles. The molecule has 1 N–H and O–H groups in total. The second-order valence-electron chi connectivity index (χ2n) is 7.04. The van der Waals surface area contributed by atoms with Gasteiger partial charge >= 0.3 is 0 Å². The van der Waals surface area contributed by atoms with Crippen LogP contribution in [0, 0.1) is 12.8 Å². The van der Waals surface area contributed by atoms with Gasteiger partial charge < -0.3 is 14.8 Å². The molecule has 0 unspecified atom stereocenters.